The van der Waals surface area contributed by atoms with Gasteiger partial charge >= 0.3 is 0 Å². The van der Waals surface area contributed by atoms with Crippen LogP contribution >= 0.6 is 0 Å². The van der Waals surface area contributed by atoms with Crippen molar-refractivity contribution in [3.63, 3.8) is 0 Å². The number of pyridine rings is 1. The quantitative estimate of drug-likeness (QED) is 0.250. The molecule has 37 heavy (non-hydrogen) atoms. The third-order valence-corrected chi connectivity index (χ3v) is 8.74. The Labute approximate surface area is 217 Å². The minimum absolute atomic E-state index is 0.0759. The number of nitrogens with two attached hydrogens (primary N) is 1. The first-order valence-corrected chi connectivity index (χ1v) is 14.6. The molecule has 3 rings (SSSR count). The summed E-state index contributed by atoms with van der Waals surface area (Å²) in [5.41, 5.74) is 6.80. The fraction of sp³-hybridized carbons (Fsp3) is 0.320. The molecule has 200 valence electrons. The van der Waals surface area contributed by atoms with E-state index in [0.29, 0.717) is 6.42 Å². The molecule has 1 aromatic heterocycles. The Balaban J connectivity index is 1.86. The van der Waals surface area contributed by atoms with Crippen LogP contribution in [0.4, 0.5) is 5.69 Å². The predicted octanol–water partition coefficient (Wildman–Crippen LogP) is 2.17. The van der Waals surface area contributed by atoms with Crippen molar-refractivity contribution in [2.45, 2.75) is 42.2 Å². The zero-order chi connectivity index (χ0) is 27.2. The van der Waals surface area contributed by atoms with Crippen molar-refractivity contribution in [3.05, 3.63) is 78.6 Å². The van der Waals surface area contributed by atoms with Gasteiger partial charge in [-0.2, -0.15) is 4.31 Å². The number of hydrogen-bond acceptors (Lipinski definition) is 8. The van der Waals surface area contributed by atoms with Crippen molar-refractivity contribution in [2.75, 3.05) is 17.8 Å². The van der Waals surface area contributed by atoms with Gasteiger partial charge in [-0.15, -0.1) is 0 Å². The molecule has 0 amide bonds. The van der Waals surface area contributed by atoms with Crippen LogP contribution < -0.4 is 10.5 Å². The number of nitrogens with zero attached hydrogens (tertiary/aromatic N) is 2. The second kappa shape index (κ2) is 12.0. The summed E-state index contributed by atoms with van der Waals surface area (Å²) in [6.45, 7) is 3.51. The number of aromatic nitrogens is 1. The fourth-order valence-corrected chi connectivity index (χ4v) is 6.34. The largest absolute Gasteiger partial charge is 0.506 e. The zero-order valence-corrected chi connectivity index (χ0v) is 22.2. The first kappa shape index (κ1) is 28.5. The van der Waals surface area contributed by atoms with Crippen LogP contribution in [-0.4, -0.2) is 61.6 Å². The van der Waals surface area contributed by atoms with Gasteiger partial charge in [0.05, 0.1) is 16.7 Å². The van der Waals surface area contributed by atoms with E-state index in [1.54, 1.807) is 0 Å². The topological polar surface area (TPSA) is 163 Å². The summed E-state index contributed by atoms with van der Waals surface area (Å²) in [6.07, 6.45) is 1.74. The molecular formula is C25H32N4O6S2. The van der Waals surface area contributed by atoms with Gasteiger partial charge in [0.15, 0.2) is 0 Å². The molecule has 0 aliphatic heterocycles. The molecule has 0 bridgehead atoms. The van der Waals surface area contributed by atoms with Gasteiger partial charge in [0, 0.05) is 31.5 Å². The number of aliphatic hydroxyl groups is 1. The smallest absolute Gasteiger partial charge is 0.263 e. The number of rotatable bonds is 12. The number of sulfonamides is 2. The SMILES string of the molecule is CC(C)CN(C[C@@H](O)[C@@H](N)Cc1ccccc1)S(=O)(=O)c1ccc(O)c(NS(=O)(=O)c2cccnc2)c1. The number of aliphatic hydroxyl groups excluding tert-OH is 1. The lowest BCUT2D eigenvalue weighted by molar-refractivity contribution is 0.116. The highest BCUT2D eigenvalue weighted by Gasteiger charge is 2.30. The average Bonchev–Trinajstić information content (AvgIpc) is 2.85. The number of anilines is 1. The summed E-state index contributed by atoms with van der Waals surface area (Å²) in [5.74, 6) is -0.528. The maximum Gasteiger partial charge on any atom is 0.263 e. The predicted molar refractivity (Wildman–Crippen MR) is 141 cm³/mol. The molecule has 0 radical (unpaired) electrons. The number of phenols is 1. The molecule has 0 saturated heterocycles. The summed E-state index contributed by atoms with van der Waals surface area (Å²) >= 11 is 0. The van der Waals surface area contributed by atoms with Gasteiger partial charge in [-0.25, -0.2) is 16.8 Å². The second-order valence-electron chi connectivity index (χ2n) is 9.11. The molecular weight excluding hydrogens is 516 g/mol. The Kier molecular flexibility index (Phi) is 9.26. The standard InChI is InChI=1S/C25H32N4O6S2/c1-18(2)16-29(17-25(31)22(26)13-19-7-4-3-5-8-19)37(34,35)20-10-11-24(30)23(14-20)28-36(32,33)21-9-6-12-27-15-21/h3-12,14-15,18,22,25,28,30-31H,13,16-17,26H2,1-2H3/t22-,25+/m0/s1. The van der Waals surface area contributed by atoms with Crippen molar-refractivity contribution in [1.29, 1.82) is 0 Å². The summed E-state index contributed by atoms with van der Waals surface area (Å²) in [4.78, 5) is 3.37. The molecule has 0 unspecified atom stereocenters. The molecule has 0 aliphatic rings. The van der Waals surface area contributed by atoms with E-state index in [2.05, 4.69) is 9.71 Å². The van der Waals surface area contributed by atoms with E-state index in [-0.39, 0.29) is 34.5 Å². The van der Waals surface area contributed by atoms with E-state index in [0.717, 1.165) is 28.2 Å². The van der Waals surface area contributed by atoms with E-state index in [9.17, 15) is 27.0 Å². The third kappa shape index (κ3) is 7.49. The fourth-order valence-electron chi connectivity index (χ4n) is 3.66. The van der Waals surface area contributed by atoms with Gasteiger partial charge in [-0.3, -0.25) is 9.71 Å². The molecule has 1 heterocycles. The first-order valence-electron chi connectivity index (χ1n) is 11.6. The molecule has 0 aliphatic carbocycles. The van der Waals surface area contributed by atoms with E-state index in [1.807, 2.05) is 44.2 Å². The number of phenolic OH excluding ortho intramolecular Hbond substituents is 1. The average molecular weight is 549 g/mol. The minimum atomic E-state index is -4.20. The van der Waals surface area contributed by atoms with Crippen LogP contribution in [0.3, 0.4) is 0 Å². The Hall–Kier alpha value is -3.03. The molecule has 10 nitrogen and oxygen atoms in total. The molecule has 0 fully saturated rings. The van der Waals surface area contributed by atoms with E-state index in [1.165, 1.54) is 24.4 Å². The second-order valence-corrected chi connectivity index (χ2v) is 12.7. The van der Waals surface area contributed by atoms with Crippen molar-refractivity contribution in [3.8, 4) is 5.75 Å². The van der Waals surface area contributed by atoms with Crippen LogP contribution in [0.5, 0.6) is 5.75 Å². The molecule has 12 heteroatoms. The third-order valence-electron chi connectivity index (χ3n) is 5.56. The molecule has 3 aromatic rings. The molecule has 0 spiro atoms. The maximum atomic E-state index is 13.6. The molecule has 5 N–H and O–H groups in total. The first-order chi connectivity index (χ1) is 17.4. The van der Waals surface area contributed by atoms with Gasteiger partial charge < -0.3 is 15.9 Å². The summed E-state index contributed by atoms with van der Waals surface area (Å²) in [6, 6.07) is 14.7. The van der Waals surface area contributed by atoms with Gasteiger partial charge in [-0.1, -0.05) is 44.2 Å². The van der Waals surface area contributed by atoms with Crippen LogP contribution in [0.25, 0.3) is 0 Å². The summed E-state index contributed by atoms with van der Waals surface area (Å²) in [5, 5.41) is 21.0. The number of aromatic hydroxyl groups is 1. The van der Waals surface area contributed by atoms with Gasteiger partial charge in [0.25, 0.3) is 10.0 Å². The van der Waals surface area contributed by atoms with Crippen molar-refractivity contribution in [2.24, 2.45) is 11.7 Å². The Bertz CT molecular complexity index is 1390. The molecule has 2 atom stereocenters. The van der Waals surface area contributed by atoms with Crippen molar-refractivity contribution in [1.82, 2.24) is 9.29 Å². The molecule has 0 saturated carbocycles. The van der Waals surface area contributed by atoms with Crippen LogP contribution in [0.15, 0.2) is 82.8 Å². The summed E-state index contributed by atoms with van der Waals surface area (Å²) in [7, 11) is -8.33. The highest BCUT2D eigenvalue weighted by Crippen LogP contribution is 2.30. The van der Waals surface area contributed by atoms with E-state index >= 15 is 0 Å². The van der Waals surface area contributed by atoms with Gasteiger partial charge in [0.1, 0.15) is 10.6 Å². The zero-order valence-electron chi connectivity index (χ0n) is 20.6. The lowest BCUT2D eigenvalue weighted by Crippen LogP contribution is -2.47. The number of benzene rings is 2. The monoisotopic (exact) mass is 548 g/mol. The number of nitrogens with one attached hydrogen (secondary N) is 1. The lowest BCUT2D eigenvalue weighted by Gasteiger charge is -2.29. The normalized spacial score (nSPS) is 14.0. The lowest BCUT2D eigenvalue weighted by atomic mass is 10.0. The number of hydrogen-bond donors (Lipinski definition) is 4. The van der Waals surface area contributed by atoms with Crippen LogP contribution in [0.1, 0.15) is 19.4 Å². The van der Waals surface area contributed by atoms with Gasteiger partial charge in [-0.05, 0) is 48.2 Å². The van der Waals surface area contributed by atoms with Crippen molar-refractivity contribution >= 4 is 25.7 Å². The summed E-state index contributed by atoms with van der Waals surface area (Å²) < 4.78 is 55.9. The van der Waals surface area contributed by atoms with Crippen LogP contribution in [0, 0.1) is 5.92 Å². The Morgan fingerprint density at radius 3 is 2.30 bits per heavy atom. The van der Waals surface area contributed by atoms with Crippen LogP contribution in [0.2, 0.25) is 0 Å². The van der Waals surface area contributed by atoms with E-state index < -0.39 is 37.9 Å². The van der Waals surface area contributed by atoms with Crippen molar-refractivity contribution < 1.29 is 27.0 Å². The van der Waals surface area contributed by atoms with Gasteiger partial charge in [0.2, 0.25) is 10.0 Å². The Morgan fingerprint density at radius 1 is 0.973 bits per heavy atom. The highest BCUT2D eigenvalue weighted by atomic mass is 32.2. The highest BCUT2D eigenvalue weighted by molar-refractivity contribution is 7.92. The molecule has 2 aromatic carbocycles. The maximum absolute atomic E-state index is 13.6. The minimum Gasteiger partial charge on any atom is -0.506 e. The van der Waals surface area contributed by atoms with Crippen LogP contribution in [-0.2, 0) is 26.5 Å². The van der Waals surface area contributed by atoms with E-state index in [4.69, 9.17) is 5.73 Å². The Morgan fingerprint density at radius 2 is 1.68 bits per heavy atom.